The van der Waals surface area contributed by atoms with Crippen molar-refractivity contribution in [1.82, 2.24) is 9.38 Å². The van der Waals surface area contributed by atoms with E-state index in [1.54, 1.807) is 12.3 Å². The maximum atomic E-state index is 11.8. The highest BCUT2D eigenvalue weighted by atomic mass is 31.0. The average molecular weight is 336 g/mol. The van der Waals surface area contributed by atoms with E-state index in [0.29, 0.717) is 5.56 Å². The van der Waals surface area contributed by atoms with Crippen LogP contribution in [0.25, 0.3) is 5.65 Å². The van der Waals surface area contributed by atoms with Crippen LogP contribution in [0.4, 0.5) is 0 Å². The third kappa shape index (κ3) is 2.91. The molecule has 0 N–H and O–H groups in total. The fraction of sp³-hybridized carbons (Fsp3) is 0.158. The standard InChI is InChI=1S/C19H17N2O2P/c1-12-5-4-8-21-15(11-20-18(12)21)7-6-14-10-16(19(22)23-3)17(24)9-13(14)2/h4-5,8-11H,24H2,1-3H3. The van der Waals surface area contributed by atoms with Crippen LogP contribution in [0, 0.1) is 25.7 Å². The molecule has 1 atom stereocenters. The summed E-state index contributed by atoms with van der Waals surface area (Å²) in [6.07, 6.45) is 3.70. The van der Waals surface area contributed by atoms with E-state index in [1.807, 2.05) is 42.6 Å². The van der Waals surface area contributed by atoms with Crippen molar-refractivity contribution in [2.75, 3.05) is 7.11 Å². The lowest BCUT2D eigenvalue weighted by molar-refractivity contribution is 0.0602. The summed E-state index contributed by atoms with van der Waals surface area (Å²) in [6, 6.07) is 7.67. The van der Waals surface area contributed by atoms with Crippen molar-refractivity contribution in [3.8, 4) is 11.8 Å². The predicted molar refractivity (Wildman–Crippen MR) is 97.8 cm³/mol. The third-order valence-electron chi connectivity index (χ3n) is 3.86. The van der Waals surface area contributed by atoms with E-state index in [0.717, 1.165) is 33.3 Å². The molecule has 2 aromatic heterocycles. The number of fused-ring (bicyclic) bond motifs is 1. The van der Waals surface area contributed by atoms with Crippen molar-refractivity contribution in [1.29, 1.82) is 0 Å². The molecule has 0 aliphatic carbocycles. The Hall–Kier alpha value is -2.63. The van der Waals surface area contributed by atoms with Crippen molar-refractivity contribution < 1.29 is 9.53 Å². The van der Waals surface area contributed by atoms with E-state index in [2.05, 4.69) is 26.1 Å². The van der Waals surface area contributed by atoms with Gasteiger partial charge in [0, 0.05) is 11.8 Å². The molecule has 0 aliphatic rings. The monoisotopic (exact) mass is 336 g/mol. The molecule has 4 nitrogen and oxygen atoms in total. The number of rotatable bonds is 1. The lowest BCUT2D eigenvalue weighted by Gasteiger charge is -2.06. The SMILES string of the molecule is COC(=O)c1cc(C#Cc2cnc3c(C)cccn23)c(C)cc1P. The van der Waals surface area contributed by atoms with Crippen LogP contribution in [0.15, 0.2) is 36.7 Å². The van der Waals surface area contributed by atoms with Crippen LogP contribution in [-0.2, 0) is 4.74 Å². The molecule has 24 heavy (non-hydrogen) atoms. The van der Waals surface area contributed by atoms with Gasteiger partial charge in [-0.15, -0.1) is 9.24 Å². The Morgan fingerprint density at radius 1 is 1.25 bits per heavy atom. The highest BCUT2D eigenvalue weighted by Crippen LogP contribution is 2.13. The van der Waals surface area contributed by atoms with Crippen LogP contribution in [0.3, 0.4) is 0 Å². The molecule has 0 aliphatic heterocycles. The van der Waals surface area contributed by atoms with Crippen LogP contribution < -0.4 is 5.30 Å². The van der Waals surface area contributed by atoms with Gasteiger partial charge in [0.05, 0.1) is 18.9 Å². The Balaban J connectivity index is 2.07. The molecule has 2 heterocycles. The minimum absolute atomic E-state index is 0.367. The molecule has 3 rings (SSSR count). The molecule has 1 unspecified atom stereocenters. The molecule has 3 aromatic rings. The lowest BCUT2D eigenvalue weighted by atomic mass is 10.0. The third-order valence-corrected chi connectivity index (χ3v) is 4.34. The molecular formula is C19H17N2O2P. The van der Waals surface area contributed by atoms with Gasteiger partial charge in [0.2, 0.25) is 0 Å². The minimum Gasteiger partial charge on any atom is -0.465 e. The maximum absolute atomic E-state index is 11.8. The summed E-state index contributed by atoms with van der Waals surface area (Å²) in [6.45, 7) is 3.99. The van der Waals surface area contributed by atoms with Crippen LogP contribution in [-0.4, -0.2) is 22.5 Å². The summed E-state index contributed by atoms with van der Waals surface area (Å²) in [5, 5.41) is 0.801. The van der Waals surface area contributed by atoms with Gasteiger partial charge < -0.3 is 4.74 Å². The second-order valence-electron chi connectivity index (χ2n) is 5.52. The Labute approximate surface area is 143 Å². The molecule has 0 fully saturated rings. The van der Waals surface area contributed by atoms with Crippen molar-refractivity contribution in [3.63, 3.8) is 0 Å². The normalized spacial score (nSPS) is 10.3. The number of nitrogens with zero attached hydrogens (tertiary/aromatic N) is 2. The Morgan fingerprint density at radius 2 is 2.04 bits per heavy atom. The second-order valence-corrected chi connectivity index (χ2v) is 6.15. The summed E-state index contributed by atoms with van der Waals surface area (Å²) in [5.74, 6) is 5.93. The fourth-order valence-corrected chi connectivity index (χ4v) is 2.98. The highest BCUT2D eigenvalue weighted by Gasteiger charge is 2.11. The quantitative estimate of drug-likeness (QED) is 0.390. The van der Waals surface area contributed by atoms with E-state index in [-0.39, 0.29) is 5.97 Å². The number of carbonyl (C=O) groups excluding carboxylic acids is 1. The van der Waals surface area contributed by atoms with Gasteiger partial charge in [-0.2, -0.15) is 0 Å². The number of ether oxygens (including phenoxy) is 1. The first-order valence-electron chi connectivity index (χ1n) is 7.44. The topological polar surface area (TPSA) is 43.6 Å². The Bertz CT molecular complexity index is 1010. The summed E-state index contributed by atoms with van der Waals surface area (Å²) in [4.78, 5) is 16.3. The zero-order chi connectivity index (χ0) is 17.3. The van der Waals surface area contributed by atoms with Crippen LogP contribution >= 0.6 is 9.24 Å². The molecule has 0 spiro atoms. The molecule has 1 aromatic carbocycles. The first-order valence-corrected chi connectivity index (χ1v) is 8.02. The summed E-state index contributed by atoms with van der Waals surface area (Å²) in [5.41, 5.74) is 5.11. The lowest BCUT2D eigenvalue weighted by Crippen LogP contribution is -2.12. The maximum Gasteiger partial charge on any atom is 0.338 e. The van der Waals surface area contributed by atoms with Crippen molar-refractivity contribution in [3.05, 3.63) is 64.6 Å². The number of hydrogen-bond acceptors (Lipinski definition) is 3. The number of methoxy groups -OCH3 is 1. The van der Waals surface area contributed by atoms with Gasteiger partial charge in [0.1, 0.15) is 11.3 Å². The van der Waals surface area contributed by atoms with Gasteiger partial charge in [-0.25, -0.2) is 9.78 Å². The first-order chi connectivity index (χ1) is 11.5. The molecule has 0 amide bonds. The fourth-order valence-electron chi connectivity index (χ4n) is 2.53. The smallest absolute Gasteiger partial charge is 0.338 e. The summed E-state index contributed by atoms with van der Waals surface area (Å²) >= 11 is 0. The number of imidazole rings is 1. The predicted octanol–water partition coefficient (Wildman–Crippen LogP) is 2.64. The Morgan fingerprint density at radius 3 is 2.79 bits per heavy atom. The zero-order valence-electron chi connectivity index (χ0n) is 13.8. The summed E-state index contributed by atoms with van der Waals surface area (Å²) in [7, 11) is 3.93. The number of carbonyl (C=O) groups is 1. The largest absolute Gasteiger partial charge is 0.465 e. The number of aromatic nitrogens is 2. The summed E-state index contributed by atoms with van der Waals surface area (Å²) < 4.78 is 6.78. The van der Waals surface area contributed by atoms with Crippen LogP contribution in [0.2, 0.25) is 0 Å². The molecule has 0 saturated heterocycles. The molecule has 0 saturated carbocycles. The molecular weight excluding hydrogens is 319 g/mol. The van der Waals surface area contributed by atoms with Crippen LogP contribution in [0.5, 0.6) is 0 Å². The average Bonchev–Trinajstić information content (AvgIpc) is 2.98. The van der Waals surface area contributed by atoms with Crippen molar-refractivity contribution in [2.45, 2.75) is 13.8 Å². The number of pyridine rings is 1. The first kappa shape index (κ1) is 16.2. The highest BCUT2D eigenvalue weighted by molar-refractivity contribution is 7.27. The zero-order valence-corrected chi connectivity index (χ0v) is 14.9. The van der Waals surface area contributed by atoms with E-state index in [9.17, 15) is 4.79 Å². The van der Waals surface area contributed by atoms with Gasteiger partial charge >= 0.3 is 5.97 Å². The molecule has 0 radical (unpaired) electrons. The van der Waals surface area contributed by atoms with Gasteiger partial charge in [-0.3, -0.25) is 4.40 Å². The molecule has 120 valence electrons. The Kier molecular flexibility index (Phi) is 4.38. The second kappa shape index (κ2) is 6.47. The minimum atomic E-state index is -0.367. The number of hydrogen-bond donors (Lipinski definition) is 0. The van der Waals surface area contributed by atoms with Gasteiger partial charge in [-0.1, -0.05) is 18.1 Å². The number of aryl methyl sites for hydroxylation is 2. The van der Waals surface area contributed by atoms with Gasteiger partial charge in [-0.05, 0) is 48.3 Å². The van der Waals surface area contributed by atoms with E-state index in [4.69, 9.17) is 4.74 Å². The van der Waals surface area contributed by atoms with E-state index < -0.39 is 0 Å². The molecule has 5 heteroatoms. The van der Waals surface area contributed by atoms with Crippen molar-refractivity contribution >= 4 is 26.2 Å². The van der Waals surface area contributed by atoms with Gasteiger partial charge in [0.25, 0.3) is 0 Å². The number of esters is 1. The van der Waals surface area contributed by atoms with Crippen molar-refractivity contribution in [2.24, 2.45) is 0 Å². The van der Waals surface area contributed by atoms with E-state index >= 15 is 0 Å². The molecule has 0 bridgehead atoms. The number of benzene rings is 1. The van der Waals surface area contributed by atoms with Gasteiger partial charge in [0.15, 0.2) is 0 Å². The van der Waals surface area contributed by atoms with E-state index in [1.165, 1.54) is 7.11 Å². The van der Waals surface area contributed by atoms with Crippen LogP contribution in [0.1, 0.15) is 32.7 Å².